The molecule has 21 heavy (non-hydrogen) atoms. The first-order valence-electron chi connectivity index (χ1n) is 6.43. The van der Waals surface area contributed by atoms with Crippen LogP contribution in [0.15, 0.2) is 23.4 Å². The van der Waals surface area contributed by atoms with E-state index in [1.165, 1.54) is 6.08 Å². The van der Waals surface area contributed by atoms with Crippen LogP contribution in [0, 0.1) is 0 Å². The molecule has 5 N–H and O–H groups in total. The molecule has 1 aliphatic rings. The van der Waals surface area contributed by atoms with E-state index in [4.69, 9.17) is 0 Å². The molecular formula is C11H22N2O6P2. The van der Waals surface area contributed by atoms with Gasteiger partial charge in [-0.3, -0.25) is 9.13 Å². The summed E-state index contributed by atoms with van der Waals surface area (Å²) >= 11 is 0. The Hall–Kier alpha value is -0.460. The Labute approximate surface area is 123 Å². The number of hydrogen-bond donors (Lipinski definition) is 5. The highest BCUT2D eigenvalue weighted by Crippen LogP contribution is 2.63. The Morgan fingerprint density at radius 1 is 1.19 bits per heavy atom. The highest BCUT2D eigenvalue weighted by atomic mass is 31.2. The zero-order valence-electron chi connectivity index (χ0n) is 12.0. The quantitative estimate of drug-likeness (QED) is 0.422. The zero-order chi connectivity index (χ0) is 16.3. The van der Waals surface area contributed by atoms with Crippen LogP contribution in [-0.4, -0.2) is 57.1 Å². The summed E-state index contributed by atoms with van der Waals surface area (Å²) in [5, 5.41) is 0.978. The fraction of sp³-hybridized carbons (Fsp3) is 0.636. The second-order valence-electron chi connectivity index (χ2n) is 4.98. The monoisotopic (exact) mass is 340 g/mol. The van der Waals surface area contributed by atoms with E-state index in [2.05, 4.69) is 5.32 Å². The van der Waals surface area contributed by atoms with Gasteiger partial charge < -0.3 is 29.8 Å². The maximum Gasteiger partial charge on any atom is 0.344 e. The van der Waals surface area contributed by atoms with Gasteiger partial charge in [-0.15, -0.1) is 0 Å². The van der Waals surface area contributed by atoms with Crippen LogP contribution in [0.4, 0.5) is 0 Å². The van der Waals surface area contributed by atoms with Gasteiger partial charge in [0.25, 0.3) is 0 Å². The van der Waals surface area contributed by atoms with Crippen LogP contribution in [0.2, 0.25) is 0 Å². The third-order valence-corrected chi connectivity index (χ3v) is 7.06. The van der Waals surface area contributed by atoms with E-state index < -0.39 is 20.6 Å². The summed E-state index contributed by atoms with van der Waals surface area (Å²) in [6.07, 6.45) is 3.78. The van der Waals surface area contributed by atoms with Crippen molar-refractivity contribution in [3.8, 4) is 0 Å². The van der Waals surface area contributed by atoms with Crippen molar-refractivity contribution in [1.82, 2.24) is 10.2 Å². The van der Waals surface area contributed by atoms with Gasteiger partial charge in [0, 0.05) is 25.8 Å². The molecule has 0 aromatic carbocycles. The molecule has 1 rings (SSSR count). The van der Waals surface area contributed by atoms with Crippen LogP contribution < -0.4 is 5.32 Å². The molecule has 0 atom stereocenters. The largest absolute Gasteiger partial charge is 0.377 e. The average molecular weight is 340 g/mol. The van der Waals surface area contributed by atoms with Crippen molar-refractivity contribution >= 4 is 15.2 Å². The second-order valence-corrected chi connectivity index (χ2v) is 8.77. The van der Waals surface area contributed by atoms with Crippen LogP contribution in [0.1, 0.15) is 12.8 Å². The molecule has 0 amide bonds. The number of hydrogen-bond acceptors (Lipinski definition) is 4. The maximum absolute atomic E-state index is 11.4. The second kappa shape index (κ2) is 7.20. The van der Waals surface area contributed by atoms with Gasteiger partial charge >= 0.3 is 15.2 Å². The summed E-state index contributed by atoms with van der Waals surface area (Å²) < 4.78 is 22.7. The van der Waals surface area contributed by atoms with Gasteiger partial charge in [-0.05, 0) is 31.5 Å². The first-order valence-corrected chi connectivity index (χ1v) is 9.79. The summed E-state index contributed by atoms with van der Waals surface area (Å²) in [4.78, 5) is 38.8. The first kappa shape index (κ1) is 18.6. The smallest absolute Gasteiger partial charge is 0.344 e. The lowest BCUT2D eigenvalue weighted by atomic mass is 10.0. The van der Waals surface area contributed by atoms with Gasteiger partial charge in [-0.1, -0.05) is 6.08 Å². The van der Waals surface area contributed by atoms with Crippen molar-refractivity contribution in [3.05, 3.63) is 23.4 Å². The highest BCUT2D eigenvalue weighted by Gasteiger charge is 2.45. The predicted molar refractivity (Wildman–Crippen MR) is 79.8 cm³/mol. The molecule has 0 saturated heterocycles. The topological polar surface area (TPSA) is 130 Å². The SMILES string of the molecule is CNCCN(C)C1=CC=C(C(P(=O)(O)O)P(=O)(O)O)CC1. The normalized spacial score (nSPS) is 16.7. The Morgan fingerprint density at radius 2 is 1.76 bits per heavy atom. The van der Waals surface area contributed by atoms with Crippen molar-refractivity contribution in [2.24, 2.45) is 0 Å². The molecular weight excluding hydrogens is 318 g/mol. The lowest BCUT2D eigenvalue weighted by molar-refractivity contribution is 0.342. The van der Waals surface area contributed by atoms with E-state index in [1.54, 1.807) is 6.08 Å². The van der Waals surface area contributed by atoms with Gasteiger partial charge in [-0.2, -0.15) is 0 Å². The number of nitrogens with zero attached hydrogens (tertiary/aromatic N) is 1. The molecule has 0 radical (unpaired) electrons. The third-order valence-electron chi connectivity index (χ3n) is 3.32. The molecule has 0 bridgehead atoms. The van der Waals surface area contributed by atoms with E-state index in [0.717, 1.165) is 18.8 Å². The van der Waals surface area contributed by atoms with Crippen molar-refractivity contribution in [3.63, 3.8) is 0 Å². The molecule has 10 heteroatoms. The Kier molecular flexibility index (Phi) is 6.37. The lowest BCUT2D eigenvalue weighted by Crippen LogP contribution is -2.28. The minimum absolute atomic E-state index is 0.0995. The summed E-state index contributed by atoms with van der Waals surface area (Å²) in [6.45, 7) is 1.56. The van der Waals surface area contributed by atoms with Crippen LogP contribution in [0.25, 0.3) is 0 Å². The standard InChI is InChI=1S/C11H22N2O6P2/c1-12-7-8-13(2)10-5-3-9(4-6-10)11(20(14,15)16)21(17,18)19/h3,5,11-12H,4,6-8H2,1-2H3,(H2,14,15,16)(H2,17,18,19). The van der Waals surface area contributed by atoms with Crippen molar-refractivity contribution in [2.45, 2.75) is 18.2 Å². The van der Waals surface area contributed by atoms with E-state index >= 15 is 0 Å². The van der Waals surface area contributed by atoms with Gasteiger partial charge in [0.2, 0.25) is 0 Å². The summed E-state index contributed by atoms with van der Waals surface area (Å²) in [7, 11) is -6.09. The zero-order valence-corrected chi connectivity index (χ0v) is 13.8. The van der Waals surface area contributed by atoms with Gasteiger partial charge in [0.15, 0.2) is 5.40 Å². The first-order chi connectivity index (χ1) is 9.57. The lowest BCUT2D eigenvalue weighted by Gasteiger charge is -2.28. The molecule has 0 fully saturated rings. The van der Waals surface area contributed by atoms with E-state index in [9.17, 15) is 28.7 Å². The Morgan fingerprint density at radius 3 is 2.14 bits per heavy atom. The number of nitrogens with one attached hydrogen (secondary N) is 1. The molecule has 122 valence electrons. The summed E-state index contributed by atoms with van der Waals surface area (Å²) in [5.74, 6) is 0. The van der Waals surface area contributed by atoms with Crippen molar-refractivity contribution in [1.29, 1.82) is 0 Å². The van der Waals surface area contributed by atoms with E-state index in [0.29, 0.717) is 6.42 Å². The molecule has 0 aromatic rings. The number of allylic oxidation sites excluding steroid dienone is 4. The molecule has 0 unspecified atom stereocenters. The van der Waals surface area contributed by atoms with E-state index in [1.807, 2.05) is 19.0 Å². The summed E-state index contributed by atoms with van der Waals surface area (Å²) in [6, 6.07) is 0. The van der Waals surface area contributed by atoms with Crippen molar-refractivity contribution < 1.29 is 28.7 Å². The highest BCUT2D eigenvalue weighted by molar-refractivity contribution is 7.71. The van der Waals surface area contributed by atoms with Crippen LogP contribution in [0.5, 0.6) is 0 Å². The van der Waals surface area contributed by atoms with E-state index in [-0.39, 0.29) is 12.0 Å². The van der Waals surface area contributed by atoms with Gasteiger partial charge in [0.05, 0.1) is 0 Å². The fourth-order valence-electron chi connectivity index (χ4n) is 2.23. The average Bonchev–Trinajstić information content (AvgIpc) is 2.33. The maximum atomic E-state index is 11.4. The Balaban J connectivity index is 2.96. The minimum atomic E-state index is -4.91. The van der Waals surface area contributed by atoms with Gasteiger partial charge in [-0.25, -0.2) is 0 Å². The van der Waals surface area contributed by atoms with Gasteiger partial charge in [0.1, 0.15) is 0 Å². The fourth-order valence-corrected chi connectivity index (χ4v) is 5.09. The summed E-state index contributed by atoms with van der Waals surface area (Å²) in [5.41, 5.74) is 1.06. The van der Waals surface area contributed by atoms with Crippen LogP contribution in [-0.2, 0) is 9.13 Å². The van der Waals surface area contributed by atoms with Crippen LogP contribution in [0.3, 0.4) is 0 Å². The molecule has 8 nitrogen and oxygen atoms in total. The van der Waals surface area contributed by atoms with Crippen molar-refractivity contribution in [2.75, 3.05) is 27.2 Å². The molecule has 0 aromatic heterocycles. The van der Waals surface area contributed by atoms with Crippen LogP contribution >= 0.6 is 15.2 Å². The Bertz CT molecular complexity index is 499. The molecule has 0 aliphatic heterocycles. The molecule has 1 aliphatic carbocycles. The predicted octanol–water partition coefficient (Wildman–Crippen LogP) is 0.423. The third kappa shape index (κ3) is 5.34. The molecule has 0 spiro atoms. The molecule has 0 heterocycles. The molecule has 0 saturated carbocycles. The number of rotatable bonds is 7. The minimum Gasteiger partial charge on any atom is -0.377 e. The number of likely N-dealkylation sites (N-methyl/N-ethyl adjacent to an activating group) is 2.